The number of halogens is 1. The Kier molecular flexibility index (Phi) is 4.95. The predicted octanol–water partition coefficient (Wildman–Crippen LogP) is 3.29. The van der Waals surface area contributed by atoms with Gasteiger partial charge >= 0.3 is 5.69 Å². The van der Waals surface area contributed by atoms with Crippen molar-refractivity contribution in [2.24, 2.45) is 0 Å². The third-order valence-electron chi connectivity index (χ3n) is 2.94. The van der Waals surface area contributed by atoms with Gasteiger partial charge in [0.25, 0.3) is 5.69 Å². The minimum absolute atomic E-state index is 0.0708. The van der Waals surface area contributed by atoms with E-state index in [4.69, 9.17) is 0 Å². The van der Waals surface area contributed by atoms with Crippen LogP contribution in [0.3, 0.4) is 0 Å². The number of amides is 1. The Morgan fingerprint density at radius 2 is 1.71 bits per heavy atom. The average Bonchev–Trinajstić information content (AvgIpc) is 2.55. The molecule has 2 aromatic carbocycles. The summed E-state index contributed by atoms with van der Waals surface area (Å²) in [4.78, 5) is 31.5. The van der Waals surface area contributed by atoms with Gasteiger partial charge in [0.15, 0.2) is 0 Å². The first-order valence-corrected chi connectivity index (χ1v) is 6.54. The topological polar surface area (TPSA) is 115 Å². The number of nitro benzene ring substituents is 2. The highest BCUT2D eigenvalue weighted by Gasteiger charge is 2.14. The van der Waals surface area contributed by atoms with Gasteiger partial charge in [-0.3, -0.25) is 25.0 Å². The number of benzene rings is 2. The molecule has 0 aliphatic carbocycles. The summed E-state index contributed by atoms with van der Waals surface area (Å²) in [6, 6.07) is 8.50. The van der Waals surface area contributed by atoms with Crippen LogP contribution in [0.5, 0.6) is 0 Å². The Labute approximate surface area is 134 Å². The van der Waals surface area contributed by atoms with E-state index in [0.29, 0.717) is 5.56 Å². The van der Waals surface area contributed by atoms with Gasteiger partial charge in [-0.25, -0.2) is 0 Å². The molecule has 2 rings (SSSR count). The van der Waals surface area contributed by atoms with Crippen LogP contribution in [0.2, 0.25) is 0 Å². The van der Waals surface area contributed by atoms with E-state index >= 15 is 0 Å². The lowest BCUT2D eigenvalue weighted by atomic mass is 10.2. The lowest BCUT2D eigenvalue weighted by Gasteiger charge is -2.02. The molecule has 1 amide bonds. The van der Waals surface area contributed by atoms with Crippen molar-refractivity contribution in [1.29, 1.82) is 0 Å². The van der Waals surface area contributed by atoms with E-state index in [1.807, 2.05) is 0 Å². The average molecular weight is 331 g/mol. The molecule has 0 bridgehead atoms. The molecule has 0 fully saturated rings. The number of anilines is 1. The van der Waals surface area contributed by atoms with Crippen molar-refractivity contribution < 1.29 is 19.0 Å². The Bertz CT molecular complexity index is 834. The van der Waals surface area contributed by atoms with E-state index in [1.54, 1.807) is 0 Å². The Morgan fingerprint density at radius 1 is 1.04 bits per heavy atom. The molecule has 0 unspecified atom stereocenters. The molecule has 8 nitrogen and oxygen atoms in total. The summed E-state index contributed by atoms with van der Waals surface area (Å²) in [5.41, 5.74) is -0.190. The van der Waals surface area contributed by atoms with Crippen molar-refractivity contribution >= 4 is 29.0 Å². The maximum atomic E-state index is 13.2. The number of nitrogens with zero attached hydrogens (tertiary/aromatic N) is 2. The minimum atomic E-state index is -1.00. The smallest absolute Gasteiger partial charge is 0.306 e. The van der Waals surface area contributed by atoms with E-state index in [2.05, 4.69) is 5.32 Å². The molecule has 0 atom stereocenters. The molecule has 9 heteroatoms. The minimum Gasteiger partial charge on any atom is -0.322 e. The monoisotopic (exact) mass is 331 g/mol. The van der Waals surface area contributed by atoms with Gasteiger partial charge in [-0.2, -0.15) is 4.39 Å². The number of carbonyl (C=O) groups is 1. The van der Waals surface area contributed by atoms with Crippen molar-refractivity contribution in [2.75, 3.05) is 5.32 Å². The Hall–Kier alpha value is -3.62. The lowest BCUT2D eigenvalue weighted by molar-refractivity contribution is -0.387. The van der Waals surface area contributed by atoms with Crippen LogP contribution in [0.4, 0.5) is 21.5 Å². The van der Waals surface area contributed by atoms with Crippen LogP contribution < -0.4 is 5.32 Å². The van der Waals surface area contributed by atoms with Crippen LogP contribution in [0.25, 0.3) is 6.08 Å². The third-order valence-corrected chi connectivity index (χ3v) is 2.94. The largest absolute Gasteiger partial charge is 0.322 e. The van der Waals surface area contributed by atoms with Crippen LogP contribution in [0.1, 0.15) is 5.56 Å². The fraction of sp³-hybridized carbons (Fsp3) is 0. The molecule has 0 aromatic heterocycles. The molecular weight excluding hydrogens is 321 g/mol. The quantitative estimate of drug-likeness (QED) is 0.513. The SMILES string of the molecule is O=C(C=Cc1ccc([N+](=O)[O-])cc1)Nc1ccc(F)c([N+](=O)[O-])c1. The predicted molar refractivity (Wildman–Crippen MR) is 83.8 cm³/mol. The summed E-state index contributed by atoms with van der Waals surface area (Å²) in [5, 5.41) is 23.5. The molecule has 24 heavy (non-hydrogen) atoms. The maximum Gasteiger partial charge on any atom is 0.306 e. The van der Waals surface area contributed by atoms with Gasteiger partial charge in [-0.15, -0.1) is 0 Å². The van der Waals surface area contributed by atoms with E-state index in [-0.39, 0.29) is 11.4 Å². The van der Waals surface area contributed by atoms with Crippen molar-refractivity contribution in [3.8, 4) is 0 Å². The van der Waals surface area contributed by atoms with Gasteiger partial charge in [0, 0.05) is 30.0 Å². The van der Waals surface area contributed by atoms with E-state index < -0.39 is 27.3 Å². The van der Waals surface area contributed by atoms with E-state index in [9.17, 15) is 29.4 Å². The second-order valence-corrected chi connectivity index (χ2v) is 4.59. The van der Waals surface area contributed by atoms with Crippen molar-refractivity contribution in [3.05, 3.63) is 80.1 Å². The molecule has 0 radical (unpaired) electrons. The summed E-state index contributed by atoms with van der Waals surface area (Å²) >= 11 is 0. The number of nitrogens with one attached hydrogen (secondary N) is 1. The van der Waals surface area contributed by atoms with Gasteiger partial charge in [0.2, 0.25) is 11.7 Å². The molecule has 1 N–H and O–H groups in total. The number of hydrogen-bond donors (Lipinski definition) is 1. The van der Waals surface area contributed by atoms with Gasteiger partial charge in [-0.1, -0.05) is 0 Å². The zero-order valence-corrected chi connectivity index (χ0v) is 12.0. The highest BCUT2D eigenvalue weighted by atomic mass is 19.1. The third kappa shape index (κ3) is 4.19. The fourth-order valence-electron chi connectivity index (χ4n) is 1.79. The summed E-state index contributed by atoms with van der Waals surface area (Å²) in [5.74, 6) is -1.59. The van der Waals surface area contributed by atoms with Crippen molar-refractivity contribution in [2.45, 2.75) is 0 Å². The van der Waals surface area contributed by atoms with Crippen LogP contribution in [-0.2, 0) is 4.79 Å². The van der Waals surface area contributed by atoms with Gasteiger partial charge in [0.05, 0.1) is 9.85 Å². The van der Waals surface area contributed by atoms with Crippen molar-refractivity contribution in [1.82, 2.24) is 0 Å². The molecule has 0 aliphatic rings. The van der Waals surface area contributed by atoms with Gasteiger partial charge in [0.1, 0.15) is 0 Å². The molecule has 0 saturated carbocycles. The second-order valence-electron chi connectivity index (χ2n) is 4.59. The van der Waals surface area contributed by atoms with E-state index in [1.165, 1.54) is 36.4 Å². The first-order chi connectivity index (χ1) is 11.4. The summed E-state index contributed by atoms with van der Waals surface area (Å²) < 4.78 is 13.2. The molecule has 0 aliphatic heterocycles. The fourth-order valence-corrected chi connectivity index (χ4v) is 1.79. The molecule has 0 spiro atoms. The first kappa shape index (κ1) is 16.7. The van der Waals surface area contributed by atoms with Crippen LogP contribution in [-0.4, -0.2) is 15.8 Å². The number of rotatable bonds is 5. The standard InChI is InChI=1S/C15H10FN3O5/c16-13-7-4-11(9-14(13)19(23)24)17-15(20)8-3-10-1-5-12(6-2-10)18(21)22/h1-9H,(H,17,20). The molecular formula is C15H10FN3O5. The Morgan fingerprint density at radius 3 is 2.29 bits per heavy atom. The number of non-ortho nitro benzene ring substituents is 1. The normalized spacial score (nSPS) is 10.5. The highest BCUT2D eigenvalue weighted by Crippen LogP contribution is 2.21. The van der Waals surface area contributed by atoms with Gasteiger partial charge < -0.3 is 5.32 Å². The second kappa shape index (κ2) is 7.09. The molecule has 0 heterocycles. The molecule has 122 valence electrons. The van der Waals surface area contributed by atoms with Crippen LogP contribution >= 0.6 is 0 Å². The molecule has 2 aromatic rings. The van der Waals surface area contributed by atoms with Crippen molar-refractivity contribution in [3.63, 3.8) is 0 Å². The summed E-state index contributed by atoms with van der Waals surface area (Å²) in [7, 11) is 0. The highest BCUT2D eigenvalue weighted by molar-refractivity contribution is 6.02. The number of carbonyl (C=O) groups excluding carboxylic acids is 1. The summed E-state index contributed by atoms with van der Waals surface area (Å²) in [6.07, 6.45) is 2.56. The van der Waals surface area contributed by atoms with Crippen LogP contribution in [0, 0.1) is 26.0 Å². The zero-order valence-electron chi connectivity index (χ0n) is 12.0. The maximum absolute atomic E-state index is 13.2. The number of nitro groups is 2. The van der Waals surface area contributed by atoms with Gasteiger partial charge in [-0.05, 0) is 35.9 Å². The number of hydrogen-bond acceptors (Lipinski definition) is 5. The summed E-state index contributed by atoms with van der Waals surface area (Å²) in [6.45, 7) is 0. The molecule has 0 saturated heterocycles. The zero-order chi connectivity index (χ0) is 17.7. The Balaban J connectivity index is 2.06. The first-order valence-electron chi connectivity index (χ1n) is 6.54. The van der Waals surface area contributed by atoms with Crippen LogP contribution in [0.15, 0.2) is 48.5 Å². The van der Waals surface area contributed by atoms with E-state index in [0.717, 1.165) is 18.2 Å². The lowest BCUT2D eigenvalue weighted by Crippen LogP contribution is -2.08.